The van der Waals surface area contributed by atoms with E-state index in [0.29, 0.717) is 0 Å². The number of hydrogen-bond acceptors (Lipinski definition) is 4. The van der Waals surface area contributed by atoms with Crippen molar-refractivity contribution in [2.24, 2.45) is 0 Å². The van der Waals surface area contributed by atoms with Crippen molar-refractivity contribution in [1.82, 2.24) is 0 Å². The summed E-state index contributed by atoms with van der Waals surface area (Å²) in [5.41, 5.74) is 0. The molecule has 7 heteroatoms. The van der Waals surface area contributed by atoms with Crippen molar-refractivity contribution in [2.75, 3.05) is 0 Å². The molecule has 0 atom stereocenters. The summed E-state index contributed by atoms with van der Waals surface area (Å²) >= 11 is 0. The second-order valence-electron chi connectivity index (χ2n) is 0.600. The van der Waals surface area contributed by atoms with Gasteiger partial charge in [-0.25, -0.2) is 0 Å². The van der Waals surface area contributed by atoms with E-state index in [2.05, 4.69) is 0 Å². The van der Waals surface area contributed by atoms with Gasteiger partial charge in [-0.3, -0.25) is 0 Å². The summed E-state index contributed by atoms with van der Waals surface area (Å²) in [4.78, 5) is 29.3. The van der Waals surface area contributed by atoms with Crippen LogP contribution in [0.2, 0.25) is 0 Å². The standard InChI is InChI=1S/K.H4O4Si.Sr.3H/c;1-5(2,3)4;;;;/h;1-4H;;;;/q+1;;+2;3*-1. The molecule has 0 aliphatic heterocycles. The van der Waals surface area contributed by atoms with Gasteiger partial charge in [0.15, 0.2) is 0 Å². The Morgan fingerprint density at radius 1 is 1.00 bits per heavy atom. The van der Waals surface area contributed by atoms with Gasteiger partial charge in [0.2, 0.25) is 0 Å². The molecular formula is H7KO4SiSr. The van der Waals surface area contributed by atoms with Crippen LogP contribution >= 0.6 is 0 Å². The Labute approximate surface area is 126 Å². The normalized spacial score (nSPS) is 8.57. The van der Waals surface area contributed by atoms with Gasteiger partial charge in [0, 0.05) is 0 Å². The molecule has 0 amide bonds. The Morgan fingerprint density at radius 3 is 1.00 bits per heavy atom. The molecule has 4 nitrogen and oxygen atoms in total. The third-order valence-corrected chi connectivity index (χ3v) is 0. The molecule has 38 valence electrons. The van der Waals surface area contributed by atoms with E-state index in [4.69, 9.17) is 19.2 Å². The van der Waals surface area contributed by atoms with E-state index in [-0.39, 0.29) is 101 Å². The minimum atomic E-state index is -4.61. The predicted octanol–water partition coefficient (Wildman–Crippen LogP) is -5.65. The van der Waals surface area contributed by atoms with E-state index in [1.165, 1.54) is 0 Å². The molecule has 0 unspecified atom stereocenters. The van der Waals surface area contributed by atoms with Gasteiger partial charge in [-0.15, -0.1) is 0 Å². The molecule has 0 aromatic carbocycles. The molecule has 0 radical (unpaired) electrons. The molecule has 0 spiro atoms. The number of hydrogen-bond donors (Lipinski definition) is 4. The van der Waals surface area contributed by atoms with Crippen LogP contribution in [-0.2, 0) is 0 Å². The van der Waals surface area contributed by atoms with Crippen molar-refractivity contribution in [3.63, 3.8) is 0 Å². The molecule has 0 aromatic heterocycles. The van der Waals surface area contributed by atoms with Gasteiger partial charge in [-0.05, 0) is 0 Å². The Kier molecular flexibility index (Phi) is 17.3. The largest absolute Gasteiger partial charge is 2.00 e. The molecule has 7 heavy (non-hydrogen) atoms. The van der Waals surface area contributed by atoms with E-state index in [0.717, 1.165) is 0 Å². The van der Waals surface area contributed by atoms with Crippen molar-refractivity contribution in [2.45, 2.75) is 0 Å². The third-order valence-electron chi connectivity index (χ3n) is 0. The topological polar surface area (TPSA) is 80.9 Å². The summed E-state index contributed by atoms with van der Waals surface area (Å²) in [7, 11) is -4.61. The van der Waals surface area contributed by atoms with Crippen molar-refractivity contribution in [3.05, 3.63) is 0 Å². The zero-order valence-corrected chi connectivity index (χ0v) is 11.6. The minimum Gasteiger partial charge on any atom is -1.00 e. The molecule has 0 heterocycles. The minimum absolute atomic E-state index is 0. The van der Waals surface area contributed by atoms with Crippen LogP contribution in [0.5, 0.6) is 0 Å². The second kappa shape index (κ2) is 7.28. The van der Waals surface area contributed by atoms with Gasteiger partial charge in [-0.2, -0.15) is 0 Å². The average molecular weight is 226 g/mol. The zero-order valence-electron chi connectivity index (χ0n) is 7.00. The van der Waals surface area contributed by atoms with E-state index < -0.39 is 9.05 Å². The average Bonchev–Trinajstić information content (AvgIpc) is 0.722. The van der Waals surface area contributed by atoms with Gasteiger partial charge < -0.3 is 23.5 Å². The third kappa shape index (κ3) is 46.9. The van der Waals surface area contributed by atoms with Crippen LogP contribution in [-0.4, -0.2) is 73.7 Å². The van der Waals surface area contributed by atoms with Crippen LogP contribution in [0.1, 0.15) is 4.28 Å². The zero-order chi connectivity index (χ0) is 4.50. The van der Waals surface area contributed by atoms with Gasteiger partial charge >= 0.3 is 106 Å². The van der Waals surface area contributed by atoms with E-state index in [1.54, 1.807) is 0 Å². The Morgan fingerprint density at radius 2 is 1.00 bits per heavy atom. The van der Waals surface area contributed by atoms with Crippen molar-refractivity contribution < 1.29 is 74.8 Å². The fourth-order valence-electron chi connectivity index (χ4n) is 0. The predicted molar refractivity (Wildman–Crippen MR) is 23.7 cm³/mol. The SMILES string of the molecule is O[Si](O)(O)O.[H-].[H-].[H-].[K+].[Sr+2]. The first-order chi connectivity index (χ1) is 2.00. The first-order valence-corrected chi connectivity index (χ1v) is 2.68. The number of rotatable bonds is 0. The summed E-state index contributed by atoms with van der Waals surface area (Å²) in [6.07, 6.45) is 0. The van der Waals surface area contributed by atoms with Gasteiger partial charge in [0.05, 0.1) is 0 Å². The Balaban J connectivity index is -0.00000000800. The van der Waals surface area contributed by atoms with Crippen molar-refractivity contribution in [3.8, 4) is 0 Å². The van der Waals surface area contributed by atoms with Gasteiger partial charge in [-0.1, -0.05) is 0 Å². The van der Waals surface area contributed by atoms with Crippen molar-refractivity contribution >= 4 is 54.5 Å². The summed E-state index contributed by atoms with van der Waals surface area (Å²) in [5.74, 6) is 0. The Hall–Kier alpha value is 3.17. The van der Waals surface area contributed by atoms with Gasteiger partial charge in [0.25, 0.3) is 0 Å². The smallest absolute Gasteiger partial charge is 1.00 e. The Bertz CT molecular complexity index is 36.0. The maximum absolute atomic E-state index is 7.33. The quantitative estimate of drug-likeness (QED) is 0.310. The molecular weight excluding hydrogens is 219 g/mol. The van der Waals surface area contributed by atoms with Gasteiger partial charge in [0.1, 0.15) is 0 Å². The first-order valence-electron chi connectivity index (χ1n) is 0.894. The summed E-state index contributed by atoms with van der Waals surface area (Å²) in [5, 5.41) is 0. The summed E-state index contributed by atoms with van der Waals surface area (Å²) in [6, 6.07) is 0. The van der Waals surface area contributed by atoms with Crippen LogP contribution < -0.4 is 51.4 Å². The fraction of sp³-hybridized carbons (Fsp3) is 0. The molecule has 0 saturated heterocycles. The van der Waals surface area contributed by atoms with Crippen LogP contribution in [0, 0.1) is 0 Å². The molecule has 0 bridgehead atoms. The monoisotopic (exact) mass is 226 g/mol. The molecule has 0 rings (SSSR count). The van der Waals surface area contributed by atoms with E-state index in [9.17, 15) is 0 Å². The second-order valence-corrected chi connectivity index (χ2v) is 1.80. The van der Waals surface area contributed by atoms with Crippen LogP contribution in [0.3, 0.4) is 0 Å². The van der Waals surface area contributed by atoms with Crippen LogP contribution in [0.25, 0.3) is 0 Å². The molecule has 0 fully saturated rings. The van der Waals surface area contributed by atoms with E-state index in [1.807, 2.05) is 0 Å². The molecule has 0 aromatic rings. The van der Waals surface area contributed by atoms with Crippen LogP contribution in [0.4, 0.5) is 0 Å². The molecule has 4 N–H and O–H groups in total. The molecule has 0 aliphatic carbocycles. The van der Waals surface area contributed by atoms with Crippen molar-refractivity contribution in [1.29, 1.82) is 0 Å². The van der Waals surface area contributed by atoms with Crippen LogP contribution in [0.15, 0.2) is 0 Å². The maximum atomic E-state index is 7.33. The maximum Gasteiger partial charge on any atom is 2.00 e. The first kappa shape index (κ1) is 16.6. The van der Waals surface area contributed by atoms with E-state index >= 15 is 0 Å². The molecule has 0 saturated carbocycles. The molecule has 0 aliphatic rings. The summed E-state index contributed by atoms with van der Waals surface area (Å²) in [6.45, 7) is 0. The fourth-order valence-corrected chi connectivity index (χ4v) is 0. The summed E-state index contributed by atoms with van der Waals surface area (Å²) < 4.78 is 0.